The summed E-state index contributed by atoms with van der Waals surface area (Å²) in [7, 11) is 0. The van der Waals surface area contributed by atoms with Gasteiger partial charge in [0.25, 0.3) is 0 Å². The lowest BCUT2D eigenvalue weighted by Crippen LogP contribution is -2.04. The van der Waals surface area contributed by atoms with E-state index >= 15 is 0 Å². The van der Waals surface area contributed by atoms with Gasteiger partial charge in [-0.25, -0.2) is 4.98 Å². The lowest BCUT2D eigenvalue weighted by Gasteiger charge is -2.07. The van der Waals surface area contributed by atoms with Crippen molar-refractivity contribution >= 4 is 12.1 Å². The third-order valence-electron chi connectivity index (χ3n) is 2.46. The predicted molar refractivity (Wildman–Crippen MR) is 68.1 cm³/mol. The van der Waals surface area contributed by atoms with E-state index in [2.05, 4.69) is 10.3 Å². The Bertz CT molecular complexity index is 588. The summed E-state index contributed by atoms with van der Waals surface area (Å²) >= 11 is 0. The number of nitriles is 1. The Morgan fingerprint density at radius 3 is 2.67 bits per heavy atom. The second-order valence-corrected chi connectivity index (χ2v) is 3.70. The van der Waals surface area contributed by atoms with Crippen LogP contribution in [0.1, 0.15) is 21.6 Å². The number of rotatable bonds is 4. The van der Waals surface area contributed by atoms with Gasteiger partial charge in [0.2, 0.25) is 0 Å². The number of anilines is 1. The number of carbonyl (C=O) groups excluding carboxylic acids is 1. The molecule has 18 heavy (non-hydrogen) atoms. The molecule has 0 saturated carbocycles. The van der Waals surface area contributed by atoms with Crippen LogP contribution in [0.25, 0.3) is 0 Å². The molecule has 0 amide bonds. The van der Waals surface area contributed by atoms with Gasteiger partial charge in [-0.1, -0.05) is 30.3 Å². The maximum Gasteiger partial charge on any atom is 0.168 e. The summed E-state index contributed by atoms with van der Waals surface area (Å²) < 4.78 is 0. The number of benzene rings is 1. The highest BCUT2D eigenvalue weighted by Crippen LogP contribution is 2.13. The fourth-order valence-electron chi connectivity index (χ4n) is 1.55. The van der Waals surface area contributed by atoms with Crippen molar-refractivity contribution in [2.24, 2.45) is 0 Å². The molecule has 1 aromatic heterocycles. The van der Waals surface area contributed by atoms with Crippen molar-refractivity contribution in [1.29, 1.82) is 5.26 Å². The van der Waals surface area contributed by atoms with Crippen LogP contribution in [0.4, 0.5) is 5.82 Å². The smallest absolute Gasteiger partial charge is 0.168 e. The van der Waals surface area contributed by atoms with Crippen molar-refractivity contribution in [3.05, 3.63) is 59.3 Å². The first kappa shape index (κ1) is 11.8. The Kier molecular flexibility index (Phi) is 3.67. The third-order valence-corrected chi connectivity index (χ3v) is 2.46. The zero-order valence-electron chi connectivity index (χ0n) is 9.63. The molecule has 0 unspecified atom stereocenters. The van der Waals surface area contributed by atoms with Crippen LogP contribution in [0.5, 0.6) is 0 Å². The molecule has 0 aliphatic heterocycles. The van der Waals surface area contributed by atoms with Crippen LogP contribution in [0.2, 0.25) is 0 Å². The van der Waals surface area contributed by atoms with Crippen molar-refractivity contribution < 1.29 is 4.79 Å². The summed E-state index contributed by atoms with van der Waals surface area (Å²) in [4.78, 5) is 14.7. The van der Waals surface area contributed by atoms with E-state index < -0.39 is 0 Å². The van der Waals surface area contributed by atoms with Crippen LogP contribution in [0.3, 0.4) is 0 Å². The monoisotopic (exact) mass is 237 g/mol. The Morgan fingerprint density at radius 1 is 1.22 bits per heavy atom. The summed E-state index contributed by atoms with van der Waals surface area (Å²) in [5.74, 6) is 0.436. The fraction of sp³-hybridized carbons (Fsp3) is 0.0714. The number of nitrogens with zero attached hydrogens (tertiary/aromatic N) is 2. The van der Waals surface area contributed by atoms with Crippen molar-refractivity contribution in [3.63, 3.8) is 0 Å². The van der Waals surface area contributed by atoms with Gasteiger partial charge in [-0.15, -0.1) is 0 Å². The molecule has 2 rings (SSSR count). The molecule has 1 heterocycles. The van der Waals surface area contributed by atoms with Crippen LogP contribution in [-0.2, 0) is 6.54 Å². The largest absolute Gasteiger partial charge is 0.365 e. The summed E-state index contributed by atoms with van der Waals surface area (Å²) in [5, 5.41) is 12.0. The highest BCUT2D eigenvalue weighted by molar-refractivity contribution is 5.73. The first-order valence-corrected chi connectivity index (χ1v) is 5.47. The van der Waals surface area contributed by atoms with Crippen LogP contribution in [0, 0.1) is 11.3 Å². The molecule has 4 heteroatoms. The molecule has 0 aliphatic rings. The van der Waals surface area contributed by atoms with E-state index in [1.165, 1.54) is 6.07 Å². The molecular formula is C14H11N3O. The topological polar surface area (TPSA) is 65.8 Å². The molecule has 0 aliphatic carbocycles. The highest BCUT2D eigenvalue weighted by atomic mass is 16.1. The van der Waals surface area contributed by atoms with Gasteiger partial charge >= 0.3 is 0 Å². The van der Waals surface area contributed by atoms with E-state index in [-0.39, 0.29) is 0 Å². The second kappa shape index (κ2) is 5.60. The molecule has 1 aromatic carbocycles. The van der Waals surface area contributed by atoms with Gasteiger partial charge < -0.3 is 5.32 Å². The Morgan fingerprint density at radius 2 is 2.00 bits per heavy atom. The van der Waals surface area contributed by atoms with E-state index in [1.54, 1.807) is 6.07 Å². The highest BCUT2D eigenvalue weighted by Gasteiger charge is 2.04. The predicted octanol–water partition coefficient (Wildman–Crippen LogP) is 2.38. The van der Waals surface area contributed by atoms with Gasteiger partial charge in [-0.05, 0) is 17.7 Å². The Balaban J connectivity index is 2.18. The van der Waals surface area contributed by atoms with Crippen LogP contribution < -0.4 is 5.32 Å². The summed E-state index contributed by atoms with van der Waals surface area (Å²) in [6.07, 6.45) is 0.662. The molecule has 88 valence electrons. The van der Waals surface area contributed by atoms with E-state index in [0.29, 0.717) is 29.9 Å². The maximum absolute atomic E-state index is 10.7. The van der Waals surface area contributed by atoms with Crippen molar-refractivity contribution in [2.75, 3.05) is 5.32 Å². The standard InChI is InChI=1S/C14H11N3O/c15-8-12-6-7-13(10-18)17-14(12)16-9-11-4-2-1-3-5-11/h1-7,10H,9H2,(H,16,17). The number of aromatic nitrogens is 1. The number of hydrogen-bond donors (Lipinski definition) is 1. The lowest BCUT2D eigenvalue weighted by molar-refractivity contribution is 0.111. The summed E-state index contributed by atoms with van der Waals surface area (Å²) in [6.45, 7) is 0.560. The molecule has 4 nitrogen and oxygen atoms in total. The molecule has 0 spiro atoms. The average molecular weight is 237 g/mol. The van der Waals surface area contributed by atoms with Crippen molar-refractivity contribution in [2.45, 2.75) is 6.54 Å². The van der Waals surface area contributed by atoms with Gasteiger partial charge in [0.15, 0.2) is 6.29 Å². The number of nitrogens with one attached hydrogen (secondary N) is 1. The first-order valence-electron chi connectivity index (χ1n) is 5.47. The molecule has 0 bridgehead atoms. The molecule has 0 saturated heterocycles. The molecule has 2 aromatic rings. The SMILES string of the molecule is N#Cc1ccc(C=O)nc1NCc1ccccc1. The molecule has 0 atom stereocenters. The third kappa shape index (κ3) is 2.71. The normalized spacial score (nSPS) is 9.50. The Labute approximate surface area is 105 Å². The number of carbonyl (C=O) groups is 1. The van der Waals surface area contributed by atoms with Gasteiger partial charge in [-0.2, -0.15) is 5.26 Å². The molecular weight excluding hydrogens is 226 g/mol. The minimum Gasteiger partial charge on any atom is -0.365 e. The van der Waals surface area contributed by atoms with E-state index in [1.807, 2.05) is 36.4 Å². The quantitative estimate of drug-likeness (QED) is 0.829. The minimum absolute atomic E-state index is 0.310. The second-order valence-electron chi connectivity index (χ2n) is 3.70. The summed E-state index contributed by atoms with van der Waals surface area (Å²) in [5.41, 5.74) is 1.82. The Hall–Kier alpha value is -2.67. The van der Waals surface area contributed by atoms with Gasteiger partial charge in [0, 0.05) is 6.54 Å². The zero-order valence-corrected chi connectivity index (χ0v) is 9.63. The fourth-order valence-corrected chi connectivity index (χ4v) is 1.55. The van der Waals surface area contributed by atoms with E-state index in [4.69, 9.17) is 5.26 Å². The van der Waals surface area contributed by atoms with Crippen LogP contribution >= 0.6 is 0 Å². The van der Waals surface area contributed by atoms with E-state index in [0.717, 1.165) is 5.56 Å². The van der Waals surface area contributed by atoms with Gasteiger partial charge in [-0.3, -0.25) is 4.79 Å². The number of hydrogen-bond acceptors (Lipinski definition) is 4. The van der Waals surface area contributed by atoms with Gasteiger partial charge in [0.05, 0.1) is 5.56 Å². The van der Waals surface area contributed by atoms with E-state index in [9.17, 15) is 4.79 Å². The molecule has 0 fully saturated rings. The lowest BCUT2D eigenvalue weighted by atomic mass is 10.2. The van der Waals surface area contributed by atoms with Crippen molar-refractivity contribution in [1.82, 2.24) is 4.98 Å². The first-order chi connectivity index (χ1) is 8.83. The number of pyridine rings is 1. The van der Waals surface area contributed by atoms with Crippen molar-refractivity contribution in [3.8, 4) is 6.07 Å². The minimum atomic E-state index is 0.310. The molecule has 1 N–H and O–H groups in total. The number of aldehydes is 1. The zero-order chi connectivity index (χ0) is 12.8. The van der Waals surface area contributed by atoms with Crippen LogP contribution in [0.15, 0.2) is 42.5 Å². The maximum atomic E-state index is 10.7. The van der Waals surface area contributed by atoms with Gasteiger partial charge in [0.1, 0.15) is 17.6 Å². The summed E-state index contributed by atoms with van der Waals surface area (Å²) in [6, 6.07) is 14.9. The van der Waals surface area contributed by atoms with Crippen LogP contribution in [-0.4, -0.2) is 11.3 Å². The molecule has 0 radical (unpaired) electrons. The average Bonchev–Trinajstić information content (AvgIpc) is 2.45.